The summed E-state index contributed by atoms with van der Waals surface area (Å²) in [6.07, 6.45) is 7.18. The lowest BCUT2D eigenvalue weighted by Crippen LogP contribution is -2.65. The highest BCUT2D eigenvalue weighted by molar-refractivity contribution is 5.88. The van der Waals surface area contributed by atoms with Crippen molar-refractivity contribution >= 4 is 23.9 Å². The first-order valence-electron chi connectivity index (χ1n) is 17.9. The zero-order valence-electron chi connectivity index (χ0n) is 30.6. The standard InChI is InChI=1S/C31H48O6.C6H14N4O2/c1-17(2)9-8-10-20(28(35)36)26-22-15-24(34)27-29(5)13-12-23(33)18(3)21(29)11-14-30(27,6)31(22,7)16-25(26)37-19(4)32;7-4(5(11)12)2-1-3-10-6(8)9/h9,18,21-25,27,33-34H,8,10-16H2,1-7H3,(H,35,36);4H,1-3,7H2,(H,11,12)(H4,8,9,10)/b26-20-;/t18-,21-,22-,23+,24+,25-,27?,29-,30-,31-;/m0./s1. The molecule has 0 aromatic heterocycles. The minimum atomic E-state index is -1.00. The molecule has 11 atom stereocenters. The molecule has 4 aliphatic rings. The number of hydrogen-bond donors (Lipinski definition) is 7. The fraction of sp³-hybridized carbons (Fsp3) is 0.784. The molecule has 0 heterocycles. The summed E-state index contributed by atoms with van der Waals surface area (Å²) in [7, 11) is 0. The Balaban J connectivity index is 0.000000463. The highest BCUT2D eigenvalue weighted by Crippen LogP contribution is 2.74. The fourth-order valence-corrected chi connectivity index (χ4v) is 10.4. The average Bonchev–Trinajstić information content (AvgIpc) is 3.26. The Hall–Kier alpha value is -2.96. The third-order valence-electron chi connectivity index (χ3n) is 12.9. The lowest BCUT2D eigenvalue weighted by atomic mass is 9.36. The Morgan fingerprint density at radius 1 is 1.02 bits per heavy atom. The number of carbonyl (C=O) groups is 3. The van der Waals surface area contributed by atoms with Gasteiger partial charge in [0.05, 0.1) is 12.2 Å². The molecule has 4 rings (SSSR count). The van der Waals surface area contributed by atoms with Gasteiger partial charge in [-0.1, -0.05) is 39.3 Å². The molecule has 0 radical (unpaired) electrons. The molecule has 2 unspecified atom stereocenters. The second-order valence-electron chi connectivity index (χ2n) is 16.0. The molecule has 0 aromatic carbocycles. The topological polar surface area (TPSA) is 232 Å². The van der Waals surface area contributed by atoms with Crippen LogP contribution in [0.15, 0.2) is 27.8 Å². The van der Waals surface area contributed by atoms with Crippen molar-refractivity contribution < 1.29 is 39.5 Å². The Labute approximate surface area is 291 Å². The number of hydrogen-bond acceptors (Lipinski definition) is 8. The number of rotatable bonds is 10. The van der Waals surface area contributed by atoms with Gasteiger partial charge in [0.2, 0.25) is 0 Å². The number of carboxylic acid groups (broad SMARTS) is 2. The van der Waals surface area contributed by atoms with Crippen LogP contribution in [0.1, 0.15) is 113 Å². The summed E-state index contributed by atoms with van der Waals surface area (Å²) in [6, 6.07) is -0.820. The molecular weight excluding hydrogens is 628 g/mol. The van der Waals surface area contributed by atoms with E-state index in [1.807, 2.05) is 19.9 Å². The number of aliphatic hydroxyl groups is 2. The van der Waals surface area contributed by atoms with Gasteiger partial charge in [-0.15, -0.1) is 0 Å². The Bertz CT molecular complexity index is 1320. The highest BCUT2D eigenvalue weighted by Gasteiger charge is 2.70. The van der Waals surface area contributed by atoms with E-state index < -0.39 is 36.2 Å². The van der Waals surface area contributed by atoms with Crippen LogP contribution in [0.5, 0.6) is 0 Å². The number of aliphatic imine (C=N–C) groups is 1. The van der Waals surface area contributed by atoms with Crippen molar-refractivity contribution in [3.8, 4) is 0 Å². The minimum absolute atomic E-state index is 0.0129. The SMILES string of the molecule is CC(=O)O[C@H]1C[C@@]2(C)[C@@H](C[C@@H](O)C3[C@]2(C)CC[C@H]2[C@H](C)[C@H](O)CC[C@]32C)/C1=C(\CCC=C(C)C)C(=O)O.NC(N)=NCCCC(N)C(=O)O. The quantitative estimate of drug-likeness (QED) is 0.0430. The maximum atomic E-state index is 12.6. The van der Waals surface area contributed by atoms with Gasteiger partial charge < -0.3 is 42.4 Å². The smallest absolute Gasteiger partial charge is 0.331 e. The van der Waals surface area contributed by atoms with Crippen molar-refractivity contribution in [3.05, 3.63) is 22.8 Å². The number of aliphatic hydroxyl groups excluding tert-OH is 2. The third kappa shape index (κ3) is 8.34. The largest absolute Gasteiger partial charge is 0.480 e. The zero-order chi connectivity index (χ0) is 37.1. The van der Waals surface area contributed by atoms with Crippen LogP contribution in [0.4, 0.5) is 0 Å². The molecule has 4 aliphatic carbocycles. The van der Waals surface area contributed by atoms with Gasteiger partial charge in [0.1, 0.15) is 12.1 Å². The Morgan fingerprint density at radius 2 is 1.67 bits per heavy atom. The highest BCUT2D eigenvalue weighted by atomic mass is 16.5. The molecule has 0 bridgehead atoms. The van der Waals surface area contributed by atoms with E-state index in [2.05, 4.69) is 32.7 Å². The fourth-order valence-electron chi connectivity index (χ4n) is 10.4. The number of aliphatic carboxylic acids is 2. The van der Waals surface area contributed by atoms with Crippen LogP contribution in [0.25, 0.3) is 0 Å². The first-order valence-corrected chi connectivity index (χ1v) is 17.9. The molecule has 4 saturated carbocycles. The van der Waals surface area contributed by atoms with Crippen LogP contribution >= 0.6 is 0 Å². The predicted molar refractivity (Wildman–Crippen MR) is 188 cm³/mol. The monoisotopic (exact) mass is 690 g/mol. The summed E-state index contributed by atoms with van der Waals surface area (Å²) in [6.45, 7) is 14.9. The van der Waals surface area contributed by atoms with Crippen LogP contribution in [0, 0.1) is 39.9 Å². The molecular formula is C37H62N4O8. The summed E-state index contributed by atoms with van der Waals surface area (Å²) in [5, 5.41) is 41.3. The van der Waals surface area contributed by atoms with Crippen molar-refractivity contribution in [1.29, 1.82) is 0 Å². The van der Waals surface area contributed by atoms with Crippen molar-refractivity contribution in [2.24, 2.45) is 62.1 Å². The van der Waals surface area contributed by atoms with Crippen LogP contribution in [-0.2, 0) is 19.1 Å². The Kier molecular flexibility index (Phi) is 13.2. The summed E-state index contributed by atoms with van der Waals surface area (Å²) >= 11 is 0. The lowest BCUT2D eigenvalue weighted by Gasteiger charge is -2.69. The maximum Gasteiger partial charge on any atom is 0.331 e. The molecule has 12 nitrogen and oxygen atoms in total. The summed E-state index contributed by atoms with van der Waals surface area (Å²) in [5.41, 5.74) is 16.9. The number of fused-ring (bicyclic) bond motifs is 5. The normalized spacial score (nSPS) is 37.9. The predicted octanol–water partition coefficient (Wildman–Crippen LogP) is 4.12. The van der Waals surface area contributed by atoms with Crippen molar-refractivity contribution in [2.45, 2.75) is 137 Å². The van der Waals surface area contributed by atoms with E-state index >= 15 is 0 Å². The molecule has 0 saturated heterocycles. The molecule has 0 aliphatic heterocycles. The molecule has 10 N–H and O–H groups in total. The van der Waals surface area contributed by atoms with Gasteiger partial charge in [-0.3, -0.25) is 14.6 Å². The van der Waals surface area contributed by atoms with Crippen LogP contribution in [0.3, 0.4) is 0 Å². The number of carbonyl (C=O) groups excluding carboxylic acids is 1. The zero-order valence-corrected chi connectivity index (χ0v) is 30.6. The number of nitrogens with two attached hydrogens (primary N) is 3. The molecule has 278 valence electrons. The molecule has 12 heteroatoms. The number of nitrogens with zero attached hydrogens (tertiary/aromatic N) is 1. The summed E-state index contributed by atoms with van der Waals surface area (Å²) in [5.74, 6) is -1.90. The molecule has 0 aromatic rings. The van der Waals surface area contributed by atoms with Gasteiger partial charge in [0.25, 0.3) is 0 Å². The van der Waals surface area contributed by atoms with Crippen LogP contribution < -0.4 is 17.2 Å². The number of esters is 1. The van der Waals surface area contributed by atoms with Gasteiger partial charge in [-0.2, -0.15) is 0 Å². The van der Waals surface area contributed by atoms with E-state index in [1.165, 1.54) is 6.92 Å². The first-order chi connectivity index (χ1) is 22.7. The number of ether oxygens (including phenoxy) is 1. The van der Waals surface area contributed by atoms with Crippen LogP contribution in [-0.4, -0.2) is 75.2 Å². The van der Waals surface area contributed by atoms with E-state index in [9.17, 15) is 29.7 Å². The lowest BCUT2D eigenvalue weighted by molar-refractivity contribution is -0.234. The number of carboxylic acids is 2. The molecule has 49 heavy (non-hydrogen) atoms. The summed E-state index contributed by atoms with van der Waals surface area (Å²) < 4.78 is 5.87. The van der Waals surface area contributed by atoms with Crippen LogP contribution in [0.2, 0.25) is 0 Å². The second-order valence-corrected chi connectivity index (χ2v) is 16.0. The molecule has 4 fully saturated rings. The van der Waals surface area contributed by atoms with E-state index in [0.717, 1.165) is 36.8 Å². The van der Waals surface area contributed by atoms with E-state index in [-0.39, 0.29) is 46.1 Å². The second kappa shape index (κ2) is 15.9. The molecule has 0 amide bonds. The van der Waals surface area contributed by atoms with Gasteiger partial charge in [0, 0.05) is 19.0 Å². The van der Waals surface area contributed by atoms with Gasteiger partial charge in [0.15, 0.2) is 5.96 Å². The minimum Gasteiger partial charge on any atom is -0.480 e. The van der Waals surface area contributed by atoms with Gasteiger partial charge in [-0.25, -0.2) is 4.79 Å². The van der Waals surface area contributed by atoms with E-state index in [4.69, 9.17) is 27.0 Å². The van der Waals surface area contributed by atoms with Crippen molar-refractivity contribution in [2.75, 3.05) is 6.54 Å². The van der Waals surface area contributed by atoms with E-state index in [1.54, 1.807) is 0 Å². The number of allylic oxidation sites excluding steroid dienone is 2. The van der Waals surface area contributed by atoms with Gasteiger partial charge in [-0.05, 0) is 124 Å². The van der Waals surface area contributed by atoms with E-state index in [0.29, 0.717) is 56.6 Å². The number of guanidine groups is 1. The van der Waals surface area contributed by atoms with Crippen molar-refractivity contribution in [3.63, 3.8) is 0 Å². The maximum absolute atomic E-state index is 12.6. The molecule has 0 spiro atoms. The third-order valence-corrected chi connectivity index (χ3v) is 12.9. The Morgan fingerprint density at radius 3 is 2.22 bits per heavy atom. The van der Waals surface area contributed by atoms with Crippen molar-refractivity contribution in [1.82, 2.24) is 0 Å². The first kappa shape index (κ1) is 40.5. The average molecular weight is 691 g/mol. The summed E-state index contributed by atoms with van der Waals surface area (Å²) in [4.78, 5) is 38.7. The van der Waals surface area contributed by atoms with Gasteiger partial charge >= 0.3 is 17.9 Å².